The molecule has 0 radical (unpaired) electrons. The summed E-state index contributed by atoms with van der Waals surface area (Å²) in [5.41, 5.74) is 35.3. The zero-order chi connectivity index (χ0) is 40.2. The van der Waals surface area contributed by atoms with Crippen LogP contribution in [-0.4, -0.2) is 9.55 Å². The number of rotatable bonds is 2. The van der Waals surface area contributed by atoms with Crippen LogP contribution in [0.1, 0.15) is 106 Å². The van der Waals surface area contributed by atoms with Crippen LogP contribution in [-0.2, 0) is 0 Å². The molecule has 2 aromatic heterocycles. The molecule has 0 aliphatic rings. The van der Waals surface area contributed by atoms with Gasteiger partial charge in [-0.2, -0.15) is 0 Å². The fraction of sp³-hybridized carbons (Fsp3) is 0.358. The van der Waals surface area contributed by atoms with Gasteiger partial charge < -0.3 is 9.55 Å². The Kier molecular flexibility index (Phi) is 8.16. The van der Waals surface area contributed by atoms with Crippen molar-refractivity contribution < 1.29 is 0 Å². The maximum absolute atomic E-state index is 4.13. The van der Waals surface area contributed by atoms with Crippen LogP contribution in [0.3, 0.4) is 0 Å². The average molecular weight is 725 g/mol. The molecular weight excluding hydrogens is 665 g/mol. The number of nitrogens with one attached hydrogen (secondary N) is 1. The van der Waals surface area contributed by atoms with E-state index >= 15 is 0 Å². The number of H-pyrrole nitrogens is 1. The summed E-state index contributed by atoms with van der Waals surface area (Å²) < 4.78 is 2.67. The molecule has 55 heavy (non-hydrogen) atoms. The molecule has 2 heterocycles. The zero-order valence-electron chi connectivity index (χ0n) is 37.1. The number of benzene rings is 6. The SMILES string of the molecule is Cc1cc(-n2c3cc(-c4c(C)c(C)c(C)c5c4[nH]c4c(C)c(C)c(C)c(C)c45)c4c(C)c(C)c(C)c(C)c4c3c3c(C)c(C)c(C)c(C)c32)c(C)c(C)c1C. The molecule has 0 unspecified atom stereocenters. The summed E-state index contributed by atoms with van der Waals surface area (Å²) in [6.45, 7) is 44.3. The Hall–Kier alpha value is -4.82. The Labute approximate surface area is 329 Å². The number of hydrogen-bond acceptors (Lipinski definition) is 0. The van der Waals surface area contributed by atoms with E-state index in [1.54, 1.807) is 0 Å². The van der Waals surface area contributed by atoms with Gasteiger partial charge in [0.25, 0.3) is 0 Å². The molecule has 0 saturated heterocycles. The van der Waals surface area contributed by atoms with Crippen LogP contribution < -0.4 is 0 Å². The van der Waals surface area contributed by atoms with Crippen molar-refractivity contribution in [1.82, 2.24) is 9.55 Å². The predicted octanol–water partition coefficient (Wildman–Crippen LogP) is 15.1. The summed E-state index contributed by atoms with van der Waals surface area (Å²) in [6.07, 6.45) is 0. The normalized spacial score (nSPS) is 12.3. The lowest BCUT2D eigenvalue weighted by Crippen LogP contribution is -2.04. The van der Waals surface area contributed by atoms with Crippen molar-refractivity contribution in [3.05, 3.63) is 118 Å². The first-order valence-corrected chi connectivity index (χ1v) is 20.3. The lowest BCUT2D eigenvalue weighted by molar-refractivity contribution is 1.09. The number of aromatic amines is 1. The minimum absolute atomic E-state index is 1.27. The second-order valence-electron chi connectivity index (χ2n) is 17.6. The van der Waals surface area contributed by atoms with E-state index in [0.717, 1.165) is 0 Å². The van der Waals surface area contributed by atoms with E-state index in [9.17, 15) is 0 Å². The summed E-state index contributed by atoms with van der Waals surface area (Å²) in [7, 11) is 0. The first-order valence-electron chi connectivity index (χ1n) is 20.3. The molecule has 0 spiro atoms. The maximum atomic E-state index is 4.13. The topological polar surface area (TPSA) is 20.7 Å². The van der Waals surface area contributed by atoms with E-state index in [2.05, 4.69) is 153 Å². The summed E-state index contributed by atoms with van der Waals surface area (Å²) in [5.74, 6) is 0. The van der Waals surface area contributed by atoms with E-state index in [4.69, 9.17) is 0 Å². The van der Waals surface area contributed by atoms with Crippen molar-refractivity contribution in [3.8, 4) is 16.8 Å². The van der Waals surface area contributed by atoms with Crippen LogP contribution in [0.5, 0.6) is 0 Å². The van der Waals surface area contributed by atoms with Crippen LogP contribution in [0.15, 0.2) is 12.1 Å². The summed E-state index contributed by atoms with van der Waals surface area (Å²) in [6, 6.07) is 5.06. The molecule has 282 valence electrons. The van der Waals surface area contributed by atoms with Gasteiger partial charge in [-0.05, 0) is 266 Å². The quantitative estimate of drug-likeness (QED) is 0.183. The molecule has 8 rings (SSSR count). The van der Waals surface area contributed by atoms with Gasteiger partial charge >= 0.3 is 0 Å². The van der Waals surface area contributed by atoms with Crippen LogP contribution >= 0.6 is 0 Å². The summed E-state index contributed by atoms with van der Waals surface area (Å²) in [5, 5.41) is 8.35. The van der Waals surface area contributed by atoms with Gasteiger partial charge in [0.05, 0.1) is 16.6 Å². The number of fused-ring (bicyclic) bond motifs is 8. The van der Waals surface area contributed by atoms with Gasteiger partial charge in [-0.1, -0.05) is 0 Å². The Morgan fingerprint density at radius 2 is 0.764 bits per heavy atom. The Bertz CT molecular complexity index is 3090. The third-order valence-electron chi connectivity index (χ3n) is 15.6. The lowest BCUT2D eigenvalue weighted by atomic mass is 9.82. The van der Waals surface area contributed by atoms with E-state index in [1.807, 2.05) is 0 Å². The standard InChI is InChI=1S/C53H60N2/c1-22-20-42(32(11)24(3)23(22)2)55-43-21-41(45-34(13)31(10)37(16)48-47-36(15)27(6)29(8)39(18)51(47)54-52(45)48)44-33(12)25(4)26(5)35(14)46(44)50(43)49-38(17)28(7)30(9)40(19)53(49)55/h20-21,54H,1-19H3. The third kappa shape index (κ3) is 4.55. The minimum atomic E-state index is 1.27. The van der Waals surface area contributed by atoms with Gasteiger partial charge in [-0.25, -0.2) is 0 Å². The smallest absolute Gasteiger partial charge is 0.0576 e. The molecule has 1 N–H and O–H groups in total. The van der Waals surface area contributed by atoms with E-state index in [-0.39, 0.29) is 0 Å². The van der Waals surface area contributed by atoms with Crippen molar-refractivity contribution in [2.75, 3.05) is 0 Å². The van der Waals surface area contributed by atoms with Crippen LogP contribution in [0.4, 0.5) is 0 Å². The number of aryl methyl sites for hydroxylation is 8. The number of aromatic nitrogens is 2. The van der Waals surface area contributed by atoms with Crippen LogP contribution in [0.2, 0.25) is 0 Å². The average Bonchev–Trinajstić information content (AvgIpc) is 3.72. The molecule has 6 aromatic carbocycles. The first-order chi connectivity index (χ1) is 25.8. The molecule has 0 saturated carbocycles. The van der Waals surface area contributed by atoms with Crippen molar-refractivity contribution in [2.24, 2.45) is 0 Å². The minimum Gasteiger partial charge on any atom is -0.354 e. The Morgan fingerprint density at radius 1 is 0.327 bits per heavy atom. The van der Waals surface area contributed by atoms with Crippen molar-refractivity contribution in [2.45, 2.75) is 132 Å². The zero-order valence-corrected chi connectivity index (χ0v) is 37.1. The molecule has 0 amide bonds. The molecule has 0 atom stereocenters. The molecule has 0 aliphatic heterocycles. The first kappa shape index (κ1) is 37.1. The Morgan fingerprint density at radius 3 is 1.35 bits per heavy atom. The number of nitrogens with zero attached hydrogens (tertiary/aromatic N) is 1. The molecule has 0 fully saturated rings. The van der Waals surface area contributed by atoms with Gasteiger partial charge in [-0.15, -0.1) is 0 Å². The van der Waals surface area contributed by atoms with E-state index < -0.39 is 0 Å². The van der Waals surface area contributed by atoms with Gasteiger partial charge in [0.15, 0.2) is 0 Å². The molecule has 0 aliphatic carbocycles. The highest BCUT2D eigenvalue weighted by molar-refractivity contribution is 6.29. The van der Waals surface area contributed by atoms with Gasteiger partial charge in [-0.3, -0.25) is 0 Å². The van der Waals surface area contributed by atoms with Crippen molar-refractivity contribution in [1.29, 1.82) is 0 Å². The Balaban J connectivity index is 1.76. The monoisotopic (exact) mass is 724 g/mol. The molecule has 0 bridgehead atoms. The summed E-state index contributed by atoms with van der Waals surface area (Å²) in [4.78, 5) is 4.13. The fourth-order valence-corrected chi connectivity index (χ4v) is 10.5. The maximum Gasteiger partial charge on any atom is 0.0576 e. The van der Waals surface area contributed by atoms with Crippen LogP contribution in [0.25, 0.3) is 71.2 Å². The lowest BCUT2D eigenvalue weighted by Gasteiger charge is -2.23. The predicted molar refractivity (Wildman–Crippen MR) is 243 cm³/mol. The summed E-state index contributed by atoms with van der Waals surface area (Å²) >= 11 is 0. The van der Waals surface area contributed by atoms with Crippen LogP contribution in [0, 0.1) is 132 Å². The van der Waals surface area contributed by atoms with E-state index in [1.165, 1.54) is 177 Å². The fourth-order valence-electron chi connectivity index (χ4n) is 10.5. The second-order valence-corrected chi connectivity index (χ2v) is 17.6. The molecule has 8 aromatic rings. The molecular formula is C53H60N2. The van der Waals surface area contributed by atoms with Crippen molar-refractivity contribution in [3.63, 3.8) is 0 Å². The highest BCUT2D eigenvalue weighted by atomic mass is 15.0. The third-order valence-corrected chi connectivity index (χ3v) is 15.6. The highest BCUT2D eigenvalue weighted by Crippen LogP contribution is 2.51. The van der Waals surface area contributed by atoms with Crippen molar-refractivity contribution >= 4 is 54.4 Å². The van der Waals surface area contributed by atoms with Gasteiger partial charge in [0.2, 0.25) is 0 Å². The highest BCUT2D eigenvalue weighted by Gasteiger charge is 2.29. The molecule has 2 heteroatoms. The largest absolute Gasteiger partial charge is 0.354 e. The second kappa shape index (κ2) is 12.1. The van der Waals surface area contributed by atoms with E-state index in [0.29, 0.717) is 0 Å². The van der Waals surface area contributed by atoms with Gasteiger partial charge in [0, 0.05) is 38.3 Å². The number of hydrogen-bond donors (Lipinski definition) is 1. The molecule has 2 nitrogen and oxygen atoms in total. The van der Waals surface area contributed by atoms with Gasteiger partial charge in [0.1, 0.15) is 0 Å².